The first kappa shape index (κ1) is 10.5. The van der Waals surface area contributed by atoms with E-state index in [0.29, 0.717) is 11.6 Å². The quantitative estimate of drug-likeness (QED) is 0.777. The highest BCUT2D eigenvalue weighted by atomic mass is 35.5. The molecule has 0 bridgehead atoms. The summed E-state index contributed by atoms with van der Waals surface area (Å²) < 4.78 is 0. The van der Waals surface area contributed by atoms with E-state index in [0.717, 1.165) is 12.0 Å². The molecule has 0 saturated heterocycles. The Bertz CT molecular complexity index is 265. The number of benzene rings is 1. The summed E-state index contributed by atoms with van der Waals surface area (Å²) in [5.41, 5.74) is 6.42. The van der Waals surface area contributed by atoms with Crippen LogP contribution >= 0.6 is 11.6 Å². The van der Waals surface area contributed by atoms with Gasteiger partial charge in [0.2, 0.25) is 0 Å². The van der Waals surface area contributed by atoms with Gasteiger partial charge in [0.05, 0.1) is 6.61 Å². The van der Waals surface area contributed by atoms with Crippen LogP contribution in [0, 0.1) is 0 Å². The predicted octanol–water partition coefficient (Wildman–Crippen LogP) is 1.76. The first-order chi connectivity index (χ1) is 6.29. The van der Waals surface area contributed by atoms with E-state index in [9.17, 15) is 0 Å². The van der Waals surface area contributed by atoms with E-state index in [1.54, 1.807) is 0 Å². The summed E-state index contributed by atoms with van der Waals surface area (Å²) in [4.78, 5) is 0. The minimum atomic E-state index is 0.0682. The van der Waals surface area contributed by atoms with E-state index in [1.807, 2.05) is 24.3 Å². The molecule has 0 aliphatic heterocycles. The van der Waals surface area contributed by atoms with Gasteiger partial charge in [0.25, 0.3) is 0 Å². The third-order valence-corrected chi connectivity index (χ3v) is 2.42. The maximum atomic E-state index is 9.12. The molecule has 0 saturated carbocycles. The second-order valence-corrected chi connectivity index (χ2v) is 3.39. The summed E-state index contributed by atoms with van der Waals surface area (Å²) in [7, 11) is 0. The van der Waals surface area contributed by atoms with Crippen LogP contribution in [0.25, 0.3) is 0 Å². The zero-order valence-corrected chi connectivity index (χ0v) is 8.17. The largest absolute Gasteiger partial charge is 0.396 e. The molecule has 0 spiro atoms. The molecule has 0 radical (unpaired) electrons. The zero-order valence-electron chi connectivity index (χ0n) is 7.41. The van der Waals surface area contributed by atoms with Crippen LogP contribution in [-0.2, 0) is 0 Å². The van der Waals surface area contributed by atoms with Gasteiger partial charge in [-0.1, -0.05) is 29.8 Å². The summed E-state index contributed by atoms with van der Waals surface area (Å²) in [5.74, 6) is 0.0682. The van der Waals surface area contributed by atoms with E-state index < -0.39 is 0 Å². The van der Waals surface area contributed by atoms with Crippen LogP contribution in [0.1, 0.15) is 17.9 Å². The molecule has 3 N–H and O–H groups in total. The standard InChI is InChI=1S/C10H14ClNO/c11-10-4-2-1-3-9(10)8(7-13)5-6-12/h1-4,8,13H,5-7,12H2. The molecule has 2 nitrogen and oxygen atoms in total. The molecule has 72 valence electrons. The lowest BCUT2D eigenvalue weighted by Gasteiger charge is -2.14. The zero-order chi connectivity index (χ0) is 9.68. The highest BCUT2D eigenvalue weighted by Crippen LogP contribution is 2.25. The molecule has 0 aliphatic carbocycles. The van der Waals surface area contributed by atoms with Crippen molar-refractivity contribution in [2.24, 2.45) is 5.73 Å². The van der Waals surface area contributed by atoms with Crippen molar-refractivity contribution in [2.45, 2.75) is 12.3 Å². The van der Waals surface area contributed by atoms with Crippen molar-refractivity contribution in [1.82, 2.24) is 0 Å². The molecule has 1 aromatic rings. The molecule has 3 heteroatoms. The number of aliphatic hydroxyl groups is 1. The van der Waals surface area contributed by atoms with Gasteiger partial charge < -0.3 is 10.8 Å². The minimum absolute atomic E-state index is 0.0682. The molecule has 13 heavy (non-hydrogen) atoms. The highest BCUT2D eigenvalue weighted by molar-refractivity contribution is 6.31. The van der Waals surface area contributed by atoms with Gasteiger partial charge in [0.1, 0.15) is 0 Å². The summed E-state index contributed by atoms with van der Waals surface area (Å²) in [6.45, 7) is 0.664. The third-order valence-electron chi connectivity index (χ3n) is 2.08. The minimum Gasteiger partial charge on any atom is -0.396 e. The van der Waals surface area contributed by atoms with Crippen molar-refractivity contribution in [3.63, 3.8) is 0 Å². The van der Waals surface area contributed by atoms with Gasteiger partial charge in [-0.15, -0.1) is 0 Å². The Morgan fingerprint density at radius 3 is 2.62 bits per heavy atom. The Hall–Kier alpha value is -0.570. The second-order valence-electron chi connectivity index (χ2n) is 2.98. The molecule has 0 aromatic heterocycles. The Kier molecular flexibility index (Phi) is 4.22. The van der Waals surface area contributed by atoms with Gasteiger partial charge in [-0.05, 0) is 24.6 Å². The average molecular weight is 200 g/mol. The third kappa shape index (κ3) is 2.69. The SMILES string of the molecule is NCCC(CO)c1ccccc1Cl. The topological polar surface area (TPSA) is 46.2 Å². The van der Waals surface area contributed by atoms with Crippen molar-refractivity contribution >= 4 is 11.6 Å². The number of nitrogens with two attached hydrogens (primary N) is 1. The van der Waals surface area contributed by atoms with Crippen LogP contribution in [-0.4, -0.2) is 18.3 Å². The fraction of sp³-hybridized carbons (Fsp3) is 0.400. The van der Waals surface area contributed by atoms with Crippen LogP contribution in [0.3, 0.4) is 0 Å². The van der Waals surface area contributed by atoms with E-state index in [2.05, 4.69) is 0 Å². The first-order valence-electron chi connectivity index (χ1n) is 4.35. The molecule has 1 unspecified atom stereocenters. The molecule has 0 aliphatic rings. The molecule has 0 fully saturated rings. The maximum absolute atomic E-state index is 9.12. The molecule has 0 heterocycles. The maximum Gasteiger partial charge on any atom is 0.0500 e. The molecule has 0 amide bonds. The molecular weight excluding hydrogens is 186 g/mol. The first-order valence-corrected chi connectivity index (χ1v) is 4.72. The molecule has 1 aromatic carbocycles. The van der Waals surface area contributed by atoms with Crippen molar-refractivity contribution in [2.75, 3.05) is 13.2 Å². The van der Waals surface area contributed by atoms with Crippen LogP contribution in [0.15, 0.2) is 24.3 Å². The summed E-state index contributed by atoms with van der Waals surface area (Å²) in [6.07, 6.45) is 0.764. The predicted molar refractivity (Wildman–Crippen MR) is 55.0 cm³/mol. The Balaban J connectivity index is 2.84. The van der Waals surface area contributed by atoms with E-state index in [1.165, 1.54) is 0 Å². The molecular formula is C10H14ClNO. The molecule has 1 atom stereocenters. The lowest BCUT2D eigenvalue weighted by molar-refractivity contribution is 0.260. The lowest BCUT2D eigenvalue weighted by atomic mass is 9.97. The van der Waals surface area contributed by atoms with Crippen molar-refractivity contribution in [1.29, 1.82) is 0 Å². The van der Waals surface area contributed by atoms with Gasteiger partial charge in [0.15, 0.2) is 0 Å². The monoisotopic (exact) mass is 199 g/mol. The van der Waals surface area contributed by atoms with E-state index >= 15 is 0 Å². The normalized spacial score (nSPS) is 12.8. The summed E-state index contributed by atoms with van der Waals surface area (Å²) in [5, 5.41) is 9.82. The van der Waals surface area contributed by atoms with E-state index in [-0.39, 0.29) is 12.5 Å². The van der Waals surface area contributed by atoms with Crippen LogP contribution in [0.4, 0.5) is 0 Å². The van der Waals surface area contributed by atoms with Crippen LogP contribution in [0.2, 0.25) is 5.02 Å². The van der Waals surface area contributed by atoms with Gasteiger partial charge in [0, 0.05) is 10.9 Å². The Labute approximate surface area is 83.3 Å². The highest BCUT2D eigenvalue weighted by Gasteiger charge is 2.11. The van der Waals surface area contributed by atoms with Crippen LogP contribution < -0.4 is 5.73 Å². The average Bonchev–Trinajstić information content (AvgIpc) is 2.16. The van der Waals surface area contributed by atoms with Gasteiger partial charge in [-0.25, -0.2) is 0 Å². The van der Waals surface area contributed by atoms with Crippen LogP contribution in [0.5, 0.6) is 0 Å². The second kappa shape index (κ2) is 5.22. The fourth-order valence-electron chi connectivity index (χ4n) is 1.35. The number of hydrogen-bond donors (Lipinski definition) is 2. The van der Waals surface area contributed by atoms with Crippen molar-refractivity contribution in [3.8, 4) is 0 Å². The fourth-order valence-corrected chi connectivity index (χ4v) is 1.64. The Morgan fingerprint density at radius 1 is 1.38 bits per heavy atom. The van der Waals surface area contributed by atoms with Gasteiger partial charge in [-0.3, -0.25) is 0 Å². The lowest BCUT2D eigenvalue weighted by Crippen LogP contribution is -2.11. The number of hydrogen-bond acceptors (Lipinski definition) is 2. The van der Waals surface area contributed by atoms with Crippen molar-refractivity contribution in [3.05, 3.63) is 34.9 Å². The van der Waals surface area contributed by atoms with Gasteiger partial charge in [-0.2, -0.15) is 0 Å². The molecule has 1 rings (SSSR count). The summed E-state index contributed by atoms with van der Waals surface area (Å²) in [6, 6.07) is 7.55. The van der Waals surface area contributed by atoms with Gasteiger partial charge >= 0.3 is 0 Å². The number of aliphatic hydroxyl groups excluding tert-OH is 1. The summed E-state index contributed by atoms with van der Waals surface area (Å²) >= 11 is 5.98. The number of rotatable bonds is 4. The van der Waals surface area contributed by atoms with Crippen molar-refractivity contribution < 1.29 is 5.11 Å². The smallest absolute Gasteiger partial charge is 0.0500 e. The number of halogens is 1. The van der Waals surface area contributed by atoms with E-state index in [4.69, 9.17) is 22.4 Å². The Morgan fingerprint density at radius 2 is 2.08 bits per heavy atom.